The molecule has 18 heavy (non-hydrogen) atoms. The van der Waals surface area contributed by atoms with Crippen molar-refractivity contribution >= 4 is 22.5 Å². The highest BCUT2D eigenvalue weighted by Gasteiger charge is 2.06. The van der Waals surface area contributed by atoms with Gasteiger partial charge < -0.3 is 9.73 Å². The molecule has 2 aromatic rings. The summed E-state index contributed by atoms with van der Waals surface area (Å²) in [5.41, 5.74) is 1.02. The summed E-state index contributed by atoms with van der Waals surface area (Å²) in [5, 5.41) is 7.98. The van der Waals surface area contributed by atoms with Crippen LogP contribution in [0.2, 0.25) is 0 Å². The molecular weight excluding hydrogens is 250 g/mol. The van der Waals surface area contributed by atoms with E-state index in [1.54, 1.807) is 12.3 Å². The first-order chi connectivity index (χ1) is 8.78. The topological polar surface area (TPSA) is 67.2 Å². The number of urea groups is 1. The quantitative estimate of drug-likeness (QED) is 0.873. The third kappa shape index (κ3) is 3.59. The van der Waals surface area contributed by atoms with E-state index >= 15 is 0 Å². The molecule has 0 saturated heterocycles. The molecule has 0 aromatic carbocycles. The first-order valence-electron chi connectivity index (χ1n) is 5.79. The second-order valence-corrected chi connectivity index (χ2v) is 4.64. The van der Waals surface area contributed by atoms with Crippen LogP contribution in [-0.4, -0.2) is 11.0 Å². The van der Waals surface area contributed by atoms with E-state index in [0.717, 1.165) is 24.3 Å². The van der Waals surface area contributed by atoms with Crippen LogP contribution in [0.25, 0.3) is 0 Å². The summed E-state index contributed by atoms with van der Waals surface area (Å²) in [5.74, 6) is 0.718. The van der Waals surface area contributed by atoms with E-state index in [4.69, 9.17) is 4.42 Å². The predicted octanol–water partition coefficient (Wildman–Crippen LogP) is 3.01. The molecule has 2 amide bonds. The van der Waals surface area contributed by atoms with Crippen molar-refractivity contribution in [3.8, 4) is 0 Å². The number of hydrogen-bond acceptors (Lipinski definition) is 4. The normalized spacial score (nSPS) is 10.3. The highest BCUT2D eigenvalue weighted by atomic mass is 32.1. The van der Waals surface area contributed by atoms with E-state index in [1.165, 1.54) is 11.3 Å². The smallest absolute Gasteiger partial charge is 0.321 e. The molecule has 0 spiro atoms. The second-order valence-electron chi connectivity index (χ2n) is 3.78. The van der Waals surface area contributed by atoms with E-state index in [1.807, 2.05) is 11.4 Å². The Bertz CT molecular complexity index is 493. The molecule has 2 aromatic heterocycles. The number of nitrogens with zero attached hydrogens (tertiary/aromatic N) is 1. The highest BCUT2D eigenvalue weighted by molar-refractivity contribution is 7.13. The molecule has 0 aliphatic rings. The first-order valence-corrected chi connectivity index (χ1v) is 6.67. The van der Waals surface area contributed by atoms with Gasteiger partial charge in [0.25, 0.3) is 0 Å². The fraction of sp³-hybridized carbons (Fsp3) is 0.333. The molecule has 0 aliphatic carbocycles. The molecule has 2 heterocycles. The fourth-order valence-electron chi connectivity index (χ4n) is 1.46. The Labute approximate surface area is 109 Å². The standard InChI is InChI=1S/C12H15N3O2S/c1-2-4-9-8-18-12(14-9)15-11(16)13-7-10-5-3-6-17-10/h3,5-6,8H,2,4,7H2,1H3,(H2,13,14,15,16). The number of carbonyl (C=O) groups is 1. The maximum absolute atomic E-state index is 11.6. The number of aryl methyl sites for hydroxylation is 1. The van der Waals surface area contributed by atoms with E-state index < -0.39 is 0 Å². The van der Waals surface area contributed by atoms with Crippen molar-refractivity contribution in [1.29, 1.82) is 0 Å². The van der Waals surface area contributed by atoms with Crippen LogP contribution in [0.15, 0.2) is 28.2 Å². The summed E-state index contributed by atoms with van der Waals surface area (Å²) in [7, 11) is 0. The summed E-state index contributed by atoms with van der Waals surface area (Å²) < 4.78 is 5.11. The lowest BCUT2D eigenvalue weighted by molar-refractivity contribution is 0.251. The lowest BCUT2D eigenvalue weighted by atomic mass is 10.3. The van der Waals surface area contributed by atoms with Crippen molar-refractivity contribution in [2.24, 2.45) is 0 Å². The molecule has 6 heteroatoms. The van der Waals surface area contributed by atoms with Gasteiger partial charge in [0.15, 0.2) is 5.13 Å². The monoisotopic (exact) mass is 265 g/mol. The van der Waals surface area contributed by atoms with E-state index in [2.05, 4.69) is 22.5 Å². The SMILES string of the molecule is CCCc1csc(NC(=O)NCc2ccco2)n1. The van der Waals surface area contributed by atoms with Crippen LogP contribution >= 0.6 is 11.3 Å². The molecule has 2 rings (SSSR count). The number of anilines is 1. The van der Waals surface area contributed by atoms with Gasteiger partial charge >= 0.3 is 6.03 Å². The molecule has 0 saturated carbocycles. The summed E-state index contributed by atoms with van der Waals surface area (Å²) in [6.07, 6.45) is 3.56. The van der Waals surface area contributed by atoms with Crippen LogP contribution in [-0.2, 0) is 13.0 Å². The van der Waals surface area contributed by atoms with Gasteiger partial charge in [0.1, 0.15) is 5.76 Å². The van der Waals surface area contributed by atoms with Gasteiger partial charge in [-0.15, -0.1) is 11.3 Å². The Kier molecular flexibility index (Phi) is 4.35. The zero-order valence-electron chi connectivity index (χ0n) is 10.1. The number of furan rings is 1. The van der Waals surface area contributed by atoms with Crippen LogP contribution in [0.4, 0.5) is 9.93 Å². The summed E-state index contributed by atoms with van der Waals surface area (Å²) in [6, 6.07) is 3.32. The largest absolute Gasteiger partial charge is 0.467 e. The van der Waals surface area contributed by atoms with Gasteiger partial charge in [-0.3, -0.25) is 5.32 Å². The minimum absolute atomic E-state index is 0.274. The molecule has 0 radical (unpaired) electrons. The van der Waals surface area contributed by atoms with Crippen LogP contribution in [0, 0.1) is 0 Å². The van der Waals surface area contributed by atoms with Crippen LogP contribution in [0.3, 0.4) is 0 Å². The number of amides is 2. The zero-order valence-corrected chi connectivity index (χ0v) is 10.9. The Morgan fingerprint density at radius 2 is 2.44 bits per heavy atom. The average molecular weight is 265 g/mol. The zero-order chi connectivity index (χ0) is 12.8. The van der Waals surface area contributed by atoms with Crippen molar-refractivity contribution in [3.63, 3.8) is 0 Å². The third-order valence-corrected chi connectivity index (χ3v) is 3.09. The average Bonchev–Trinajstić information content (AvgIpc) is 2.99. The van der Waals surface area contributed by atoms with Crippen molar-refractivity contribution in [2.75, 3.05) is 5.32 Å². The van der Waals surface area contributed by atoms with Crippen LogP contribution in [0.1, 0.15) is 24.8 Å². The molecule has 0 unspecified atom stereocenters. The number of thiazole rings is 1. The van der Waals surface area contributed by atoms with Gasteiger partial charge in [-0.1, -0.05) is 13.3 Å². The van der Waals surface area contributed by atoms with Crippen molar-refractivity contribution in [3.05, 3.63) is 35.2 Å². The number of aromatic nitrogens is 1. The maximum atomic E-state index is 11.6. The highest BCUT2D eigenvalue weighted by Crippen LogP contribution is 2.16. The van der Waals surface area contributed by atoms with Crippen molar-refractivity contribution in [2.45, 2.75) is 26.3 Å². The molecule has 0 fully saturated rings. The number of carbonyl (C=O) groups excluding carboxylic acids is 1. The molecular formula is C12H15N3O2S. The predicted molar refractivity (Wildman–Crippen MR) is 70.7 cm³/mol. The van der Waals surface area contributed by atoms with E-state index in [9.17, 15) is 4.79 Å². The summed E-state index contributed by atoms with van der Waals surface area (Å²) in [6.45, 7) is 2.47. The van der Waals surface area contributed by atoms with Gasteiger partial charge in [0.2, 0.25) is 0 Å². The van der Waals surface area contributed by atoms with E-state index in [0.29, 0.717) is 11.7 Å². The van der Waals surface area contributed by atoms with Gasteiger partial charge in [-0.2, -0.15) is 0 Å². The van der Waals surface area contributed by atoms with Gasteiger partial charge in [0.05, 0.1) is 18.5 Å². The molecule has 96 valence electrons. The lowest BCUT2D eigenvalue weighted by Crippen LogP contribution is -2.27. The molecule has 0 bridgehead atoms. The Morgan fingerprint density at radius 3 is 3.17 bits per heavy atom. The summed E-state index contributed by atoms with van der Waals surface area (Å²) in [4.78, 5) is 15.9. The number of nitrogens with one attached hydrogen (secondary N) is 2. The van der Waals surface area contributed by atoms with Crippen LogP contribution in [0.5, 0.6) is 0 Å². The lowest BCUT2D eigenvalue weighted by Gasteiger charge is -2.02. The second kappa shape index (κ2) is 6.20. The maximum Gasteiger partial charge on any atom is 0.321 e. The van der Waals surface area contributed by atoms with Crippen molar-refractivity contribution in [1.82, 2.24) is 10.3 Å². The molecule has 0 atom stereocenters. The minimum Gasteiger partial charge on any atom is -0.467 e. The van der Waals surface area contributed by atoms with Gasteiger partial charge in [-0.05, 0) is 18.6 Å². The Balaban J connectivity index is 1.79. The van der Waals surface area contributed by atoms with Gasteiger partial charge in [-0.25, -0.2) is 9.78 Å². The molecule has 2 N–H and O–H groups in total. The van der Waals surface area contributed by atoms with Crippen molar-refractivity contribution < 1.29 is 9.21 Å². The number of hydrogen-bond donors (Lipinski definition) is 2. The van der Waals surface area contributed by atoms with Crippen LogP contribution < -0.4 is 10.6 Å². The Morgan fingerprint density at radius 1 is 1.56 bits per heavy atom. The molecule has 0 aliphatic heterocycles. The van der Waals surface area contributed by atoms with E-state index in [-0.39, 0.29) is 6.03 Å². The third-order valence-electron chi connectivity index (χ3n) is 2.28. The first kappa shape index (κ1) is 12.6. The number of rotatable bonds is 5. The molecule has 5 nitrogen and oxygen atoms in total. The fourth-order valence-corrected chi connectivity index (χ4v) is 2.20. The summed E-state index contributed by atoms with van der Waals surface area (Å²) >= 11 is 1.43. The minimum atomic E-state index is -0.274. The Hall–Kier alpha value is -1.82. The van der Waals surface area contributed by atoms with Gasteiger partial charge in [0, 0.05) is 5.38 Å².